The van der Waals surface area contributed by atoms with E-state index in [4.69, 9.17) is 9.53 Å². The van der Waals surface area contributed by atoms with Crippen LogP contribution in [-0.2, 0) is 4.43 Å². The molecule has 0 spiro atoms. The van der Waals surface area contributed by atoms with Gasteiger partial charge in [-0.1, -0.05) is 40.0 Å². The van der Waals surface area contributed by atoms with E-state index in [1.54, 1.807) is 0 Å². The van der Waals surface area contributed by atoms with Crippen molar-refractivity contribution < 1.29 is 9.53 Å². The predicted molar refractivity (Wildman–Crippen MR) is 80.4 cm³/mol. The monoisotopic (exact) mass is 272 g/mol. The summed E-state index contributed by atoms with van der Waals surface area (Å²) < 4.78 is 6.76. The van der Waals surface area contributed by atoms with Crippen LogP contribution in [0.3, 0.4) is 0 Å². The highest BCUT2D eigenvalue weighted by Crippen LogP contribution is 2.44. The molecule has 0 bridgehead atoms. The predicted octanol–water partition coefficient (Wildman–Crippen LogP) is 4.48. The van der Waals surface area contributed by atoms with Gasteiger partial charge in [-0.2, -0.15) is 0 Å². The molecule has 2 nitrogen and oxygen atoms in total. The van der Waals surface area contributed by atoms with E-state index in [1.807, 2.05) is 0 Å². The minimum atomic E-state index is -1.70. The summed E-state index contributed by atoms with van der Waals surface area (Å²) in [5.74, 6) is 0. The second kappa shape index (κ2) is 6.06. The van der Waals surface area contributed by atoms with Crippen LogP contribution in [0.1, 0.15) is 65.7 Å². The fraction of sp³-hybridized carbons (Fsp3) is 1.00. The zero-order valence-electron chi connectivity index (χ0n) is 13.0. The molecule has 0 aromatic heterocycles. The first-order valence-corrected chi connectivity index (χ1v) is 10.4. The lowest BCUT2D eigenvalue weighted by Crippen LogP contribution is -2.50. The molecule has 108 valence electrons. The Balaban J connectivity index is 2.77. The average Bonchev–Trinajstić information content (AvgIpc) is 2.25. The summed E-state index contributed by atoms with van der Waals surface area (Å²) in [5.41, 5.74) is 0.0734. The molecule has 1 aliphatic rings. The van der Waals surface area contributed by atoms with Gasteiger partial charge in [0.1, 0.15) is 0 Å². The minimum Gasteiger partial charge on any atom is -0.411 e. The number of rotatable bonds is 5. The highest BCUT2D eigenvalue weighted by atomic mass is 28.4. The standard InChI is InChI=1S/C15H32O2Si/c1-14(2,3)18(4,5)17-15(12-9-13-16)10-7-6-8-11-15/h16H,6-13H2,1-5H3. The van der Waals surface area contributed by atoms with E-state index < -0.39 is 8.32 Å². The molecular weight excluding hydrogens is 240 g/mol. The van der Waals surface area contributed by atoms with Crippen molar-refractivity contribution in [1.82, 2.24) is 0 Å². The summed E-state index contributed by atoms with van der Waals surface area (Å²) in [4.78, 5) is 0. The molecule has 1 rings (SSSR count). The largest absolute Gasteiger partial charge is 0.411 e. The molecule has 0 aromatic rings. The maximum absolute atomic E-state index is 9.13. The van der Waals surface area contributed by atoms with Crippen LogP contribution in [-0.4, -0.2) is 25.6 Å². The van der Waals surface area contributed by atoms with Gasteiger partial charge >= 0.3 is 0 Å². The Hall–Kier alpha value is 0.137. The molecule has 0 atom stereocenters. The van der Waals surface area contributed by atoms with Crippen LogP contribution in [0.2, 0.25) is 18.1 Å². The Bertz CT molecular complexity index is 250. The topological polar surface area (TPSA) is 29.5 Å². The lowest BCUT2D eigenvalue weighted by atomic mass is 9.82. The van der Waals surface area contributed by atoms with E-state index in [0.717, 1.165) is 12.8 Å². The van der Waals surface area contributed by atoms with Gasteiger partial charge < -0.3 is 9.53 Å². The molecule has 1 aliphatic carbocycles. The summed E-state index contributed by atoms with van der Waals surface area (Å²) in [5, 5.41) is 9.40. The number of aliphatic hydroxyl groups is 1. The van der Waals surface area contributed by atoms with Crippen molar-refractivity contribution >= 4 is 8.32 Å². The molecule has 0 aromatic carbocycles. The van der Waals surface area contributed by atoms with E-state index in [-0.39, 0.29) is 10.6 Å². The van der Waals surface area contributed by atoms with Crippen molar-refractivity contribution in [2.45, 2.75) is 89.5 Å². The zero-order valence-corrected chi connectivity index (χ0v) is 14.0. The lowest BCUT2D eigenvalue weighted by Gasteiger charge is -2.47. The normalized spacial score (nSPS) is 21.0. The molecule has 0 radical (unpaired) electrons. The molecule has 3 heteroatoms. The zero-order chi connectivity index (χ0) is 13.9. The van der Waals surface area contributed by atoms with Crippen LogP contribution in [0.4, 0.5) is 0 Å². The molecule has 1 fully saturated rings. The molecule has 0 amide bonds. The Labute approximate surface area is 114 Å². The van der Waals surface area contributed by atoms with Gasteiger partial charge in [-0.05, 0) is 43.8 Å². The first-order valence-electron chi connectivity index (χ1n) is 7.54. The van der Waals surface area contributed by atoms with Gasteiger partial charge in [-0.25, -0.2) is 0 Å². The van der Waals surface area contributed by atoms with E-state index in [2.05, 4.69) is 33.9 Å². The molecular formula is C15H32O2Si. The fourth-order valence-electron chi connectivity index (χ4n) is 2.69. The summed E-state index contributed by atoms with van der Waals surface area (Å²) in [7, 11) is -1.70. The third-order valence-electron chi connectivity index (χ3n) is 4.83. The number of hydrogen-bond acceptors (Lipinski definition) is 2. The van der Waals surface area contributed by atoms with E-state index in [1.165, 1.54) is 32.1 Å². The van der Waals surface area contributed by atoms with Crippen LogP contribution < -0.4 is 0 Å². The third-order valence-corrected chi connectivity index (χ3v) is 9.39. The molecule has 1 N–H and O–H groups in total. The lowest BCUT2D eigenvalue weighted by molar-refractivity contribution is 0.00345. The summed E-state index contributed by atoms with van der Waals surface area (Å²) in [6.07, 6.45) is 8.24. The second-order valence-corrected chi connectivity index (χ2v) is 12.2. The van der Waals surface area contributed by atoms with Crippen LogP contribution in [0.25, 0.3) is 0 Å². The van der Waals surface area contributed by atoms with Crippen molar-refractivity contribution in [3.8, 4) is 0 Å². The molecule has 0 aliphatic heterocycles. The molecule has 18 heavy (non-hydrogen) atoms. The van der Waals surface area contributed by atoms with Crippen LogP contribution in [0.5, 0.6) is 0 Å². The maximum atomic E-state index is 9.13. The quantitative estimate of drug-likeness (QED) is 0.748. The Kier molecular flexibility index (Phi) is 5.45. The first-order chi connectivity index (χ1) is 8.22. The Morgan fingerprint density at radius 1 is 1.11 bits per heavy atom. The van der Waals surface area contributed by atoms with Gasteiger partial charge in [0.15, 0.2) is 8.32 Å². The van der Waals surface area contributed by atoms with Gasteiger partial charge in [-0.15, -0.1) is 0 Å². The Morgan fingerprint density at radius 3 is 2.11 bits per heavy atom. The number of hydrogen-bond donors (Lipinski definition) is 1. The van der Waals surface area contributed by atoms with E-state index in [0.29, 0.717) is 6.61 Å². The van der Waals surface area contributed by atoms with E-state index >= 15 is 0 Å². The highest BCUT2D eigenvalue weighted by Gasteiger charge is 2.44. The second-order valence-electron chi connectivity index (χ2n) is 7.43. The fourth-order valence-corrected chi connectivity index (χ4v) is 4.39. The molecule has 0 unspecified atom stereocenters. The van der Waals surface area contributed by atoms with Crippen molar-refractivity contribution in [3.63, 3.8) is 0 Å². The molecule has 0 saturated heterocycles. The highest BCUT2D eigenvalue weighted by molar-refractivity contribution is 6.74. The van der Waals surface area contributed by atoms with Gasteiger partial charge in [0.25, 0.3) is 0 Å². The summed E-state index contributed by atoms with van der Waals surface area (Å²) in [6, 6.07) is 0. The van der Waals surface area contributed by atoms with Crippen molar-refractivity contribution in [2.24, 2.45) is 0 Å². The van der Waals surface area contributed by atoms with Crippen LogP contribution in [0, 0.1) is 0 Å². The summed E-state index contributed by atoms with van der Waals surface area (Å²) in [6.45, 7) is 11.9. The van der Waals surface area contributed by atoms with E-state index in [9.17, 15) is 0 Å². The maximum Gasteiger partial charge on any atom is 0.192 e. The van der Waals surface area contributed by atoms with Gasteiger partial charge in [0, 0.05) is 6.61 Å². The molecule has 0 heterocycles. The summed E-state index contributed by atoms with van der Waals surface area (Å²) >= 11 is 0. The molecule has 1 saturated carbocycles. The SMILES string of the molecule is CC(C)(C)[Si](C)(C)OC1(CCCO)CCCCC1. The van der Waals surface area contributed by atoms with Gasteiger partial charge in [0.2, 0.25) is 0 Å². The third kappa shape index (κ3) is 4.07. The minimum absolute atomic E-state index is 0.0734. The Morgan fingerprint density at radius 2 is 1.67 bits per heavy atom. The van der Waals surface area contributed by atoms with Crippen molar-refractivity contribution in [1.29, 1.82) is 0 Å². The van der Waals surface area contributed by atoms with Crippen molar-refractivity contribution in [2.75, 3.05) is 6.61 Å². The van der Waals surface area contributed by atoms with Crippen LogP contribution in [0.15, 0.2) is 0 Å². The van der Waals surface area contributed by atoms with Gasteiger partial charge in [-0.3, -0.25) is 0 Å². The van der Waals surface area contributed by atoms with Crippen molar-refractivity contribution in [3.05, 3.63) is 0 Å². The smallest absolute Gasteiger partial charge is 0.192 e. The van der Waals surface area contributed by atoms with Gasteiger partial charge in [0.05, 0.1) is 5.60 Å². The average molecular weight is 273 g/mol. The first kappa shape index (κ1) is 16.2. The number of aliphatic hydroxyl groups excluding tert-OH is 1. The van der Waals surface area contributed by atoms with Crippen LogP contribution >= 0.6 is 0 Å².